The zero-order chi connectivity index (χ0) is 6.41. The van der Waals surface area contributed by atoms with Crippen molar-refractivity contribution in [3.8, 4) is 0 Å². The van der Waals surface area contributed by atoms with Crippen molar-refractivity contribution in [2.45, 2.75) is 25.9 Å². The molecule has 0 atom stereocenters. The van der Waals surface area contributed by atoms with E-state index in [2.05, 4.69) is 11.5 Å². The van der Waals surface area contributed by atoms with Crippen LogP contribution in [-0.2, 0) is 0 Å². The highest BCUT2D eigenvalue weighted by molar-refractivity contribution is 4.45. The molecular formula is C4H12N2. The van der Waals surface area contributed by atoms with E-state index < -0.39 is 0 Å². The maximum absolute atomic E-state index is 6.63. The van der Waals surface area contributed by atoms with Crippen molar-refractivity contribution >= 4 is 0 Å². The molecule has 0 spiro atoms. The summed E-state index contributed by atoms with van der Waals surface area (Å²) in [5.74, 6) is 0. The summed E-state index contributed by atoms with van der Waals surface area (Å²) in [7, 11) is 0. The minimum Gasteiger partial charge on any atom is -0.316 e. The Morgan fingerprint density at radius 3 is 2.67 bits per heavy atom. The lowest BCUT2D eigenvalue weighted by Crippen LogP contribution is -2.29. The third-order valence-electron chi connectivity index (χ3n) is 0.577. The van der Waals surface area contributed by atoms with Crippen LogP contribution in [0.4, 0.5) is 0 Å². The first kappa shape index (κ1) is 2.99. The second-order valence-electron chi connectivity index (χ2n) is 1.34. The average molecular weight is 90.2 g/mol. The molecule has 0 radical (unpaired) electrons. The van der Waals surface area contributed by atoms with E-state index >= 15 is 0 Å². The molecule has 6 heavy (non-hydrogen) atoms. The summed E-state index contributed by atoms with van der Waals surface area (Å²) in [6.45, 7) is 2.02. The van der Waals surface area contributed by atoms with Gasteiger partial charge in [0.05, 0.1) is 6.17 Å². The predicted molar refractivity (Wildman–Crippen MR) is 27.1 cm³/mol. The fourth-order valence-electron chi connectivity index (χ4n) is 0.289. The molecule has 0 aliphatic rings. The van der Waals surface area contributed by atoms with Crippen molar-refractivity contribution in [2.24, 2.45) is 11.5 Å². The summed E-state index contributed by atoms with van der Waals surface area (Å²) >= 11 is 0. The Labute approximate surface area is 41.4 Å². The number of rotatable bonds is 4. The highest BCUT2D eigenvalue weighted by atomic mass is 14.8. The first-order valence-electron chi connectivity index (χ1n) is 3.19. The lowest BCUT2D eigenvalue weighted by atomic mass is 10.3. The molecule has 0 rings (SSSR count). The van der Waals surface area contributed by atoms with Gasteiger partial charge in [-0.2, -0.15) is 0 Å². The molecule has 0 amide bonds. The van der Waals surface area contributed by atoms with Gasteiger partial charge in [0.2, 0.25) is 0 Å². The van der Waals surface area contributed by atoms with Gasteiger partial charge in [-0.3, -0.25) is 0 Å². The Bertz CT molecular complexity index is 47.3. The van der Waals surface area contributed by atoms with Crippen molar-refractivity contribution in [3.63, 3.8) is 0 Å². The molecule has 38 valence electrons. The SMILES string of the molecule is [2H]NC(CCC)N[2H]. The summed E-state index contributed by atoms with van der Waals surface area (Å²) in [6, 6.07) is 0. The third-order valence-corrected chi connectivity index (χ3v) is 0.577. The van der Waals surface area contributed by atoms with Gasteiger partial charge in [-0.1, -0.05) is 13.3 Å². The number of hydrogen-bond donors (Lipinski definition) is 2. The largest absolute Gasteiger partial charge is 0.316 e. The quantitative estimate of drug-likeness (QED) is 0.478. The van der Waals surface area contributed by atoms with Gasteiger partial charge in [-0.25, -0.2) is 0 Å². The van der Waals surface area contributed by atoms with Gasteiger partial charge in [0.25, 0.3) is 0 Å². The van der Waals surface area contributed by atoms with Gasteiger partial charge in [0, 0.05) is 0 Å². The molecule has 0 saturated heterocycles. The van der Waals surface area contributed by atoms with Crippen LogP contribution in [0.25, 0.3) is 0 Å². The van der Waals surface area contributed by atoms with E-state index in [4.69, 9.17) is 2.82 Å². The smallest absolute Gasteiger partial charge is 0.120 e. The first-order chi connectivity index (χ1) is 3.85. The van der Waals surface area contributed by atoms with Crippen molar-refractivity contribution < 1.29 is 2.82 Å². The van der Waals surface area contributed by atoms with Gasteiger partial charge in [-0.15, -0.1) is 0 Å². The van der Waals surface area contributed by atoms with Gasteiger partial charge < -0.3 is 11.5 Å². The molecule has 0 unspecified atom stereocenters. The van der Waals surface area contributed by atoms with Crippen molar-refractivity contribution in [2.75, 3.05) is 0 Å². The van der Waals surface area contributed by atoms with Gasteiger partial charge >= 0.3 is 0 Å². The maximum atomic E-state index is 6.63. The first-order valence-corrected chi connectivity index (χ1v) is 2.19. The number of nitrogens with two attached hydrogens (primary N) is 2. The lowest BCUT2D eigenvalue weighted by molar-refractivity contribution is 0.627. The van der Waals surface area contributed by atoms with E-state index in [1.165, 1.54) is 0 Å². The van der Waals surface area contributed by atoms with Gasteiger partial charge in [0.15, 0.2) is 0 Å². The Kier molecular flexibility index (Phi) is 1.56. The zero-order valence-corrected chi connectivity index (χ0v) is 3.99. The summed E-state index contributed by atoms with van der Waals surface area (Å²) in [5, 5.41) is 0. The van der Waals surface area contributed by atoms with Crippen LogP contribution in [-0.4, -0.2) is 6.17 Å². The van der Waals surface area contributed by atoms with E-state index in [-0.39, 0.29) is 6.17 Å². The molecule has 0 fully saturated rings. The number of hydrogen-bond acceptors (Lipinski definition) is 2. The highest BCUT2D eigenvalue weighted by Gasteiger charge is 1.85. The Morgan fingerprint density at radius 2 is 2.50 bits per heavy atom. The van der Waals surface area contributed by atoms with E-state index in [1.54, 1.807) is 0 Å². The summed E-state index contributed by atoms with van der Waals surface area (Å²) < 4.78 is 13.3. The monoisotopic (exact) mass is 90.1 g/mol. The molecule has 0 aliphatic heterocycles. The lowest BCUT2D eigenvalue weighted by Gasteiger charge is -1.97. The van der Waals surface area contributed by atoms with E-state index in [0.29, 0.717) is 0 Å². The summed E-state index contributed by atoms with van der Waals surface area (Å²) in [5.41, 5.74) is 4.41. The molecule has 0 saturated carbocycles. The second kappa shape index (κ2) is 3.12. The van der Waals surface area contributed by atoms with E-state index in [0.717, 1.165) is 12.8 Å². The van der Waals surface area contributed by atoms with Gasteiger partial charge in [-0.05, 0) is 6.42 Å². The van der Waals surface area contributed by atoms with E-state index in [9.17, 15) is 0 Å². The standard InChI is InChI=1S/C4H12N2/c1-2-3-4(5)6/h4H,2-3,5-6H2,1H3/i/hD2. The van der Waals surface area contributed by atoms with Crippen LogP contribution in [0.2, 0.25) is 2.82 Å². The average Bonchev–Trinajstić information content (AvgIpc) is 1.83. The Hall–Kier alpha value is -0.0800. The van der Waals surface area contributed by atoms with Crippen LogP contribution in [0.5, 0.6) is 0 Å². The molecule has 0 aromatic rings. The van der Waals surface area contributed by atoms with Gasteiger partial charge in [0.1, 0.15) is 2.82 Å². The molecule has 0 aromatic carbocycles. The topological polar surface area (TPSA) is 52.0 Å². The molecule has 2 nitrogen and oxygen atoms in total. The molecule has 0 bridgehead atoms. The summed E-state index contributed by atoms with van der Waals surface area (Å²) in [6.07, 6.45) is 1.65. The molecule has 2 heteroatoms. The Morgan fingerprint density at radius 1 is 1.83 bits per heavy atom. The van der Waals surface area contributed by atoms with Crippen LogP contribution in [0, 0.1) is 0 Å². The van der Waals surface area contributed by atoms with Crippen LogP contribution in [0.3, 0.4) is 0 Å². The zero-order valence-electron chi connectivity index (χ0n) is 5.99. The van der Waals surface area contributed by atoms with Crippen LogP contribution >= 0.6 is 0 Å². The molecule has 4 N–H and O–H groups in total. The second-order valence-corrected chi connectivity index (χ2v) is 1.34. The van der Waals surface area contributed by atoms with Crippen molar-refractivity contribution in [3.05, 3.63) is 0 Å². The molecule has 0 aliphatic carbocycles. The molecule has 0 aromatic heterocycles. The minimum absolute atomic E-state index is 0.167. The van der Waals surface area contributed by atoms with Crippen LogP contribution in [0.15, 0.2) is 0 Å². The minimum atomic E-state index is -0.167. The van der Waals surface area contributed by atoms with Crippen molar-refractivity contribution in [1.82, 2.24) is 0 Å². The normalized spacial score (nSPS) is 14.3. The fraction of sp³-hybridized carbons (Fsp3) is 1.00. The maximum Gasteiger partial charge on any atom is 0.120 e. The predicted octanol–water partition coefficient (Wildman–Crippen LogP) is 0.0300. The molecule has 0 heterocycles. The van der Waals surface area contributed by atoms with Crippen LogP contribution in [0.1, 0.15) is 19.8 Å². The van der Waals surface area contributed by atoms with Crippen molar-refractivity contribution in [1.29, 1.82) is 0 Å². The Balaban J connectivity index is 3.07. The summed E-state index contributed by atoms with van der Waals surface area (Å²) in [4.78, 5) is 0. The van der Waals surface area contributed by atoms with E-state index in [1.807, 2.05) is 6.92 Å². The molecular weight excluding hydrogens is 76.1 g/mol. The van der Waals surface area contributed by atoms with Crippen LogP contribution < -0.4 is 11.5 Å². The fourth-order valence-corrected chi connectivity index (χ4v) is 0.289. The highest BCUT2D eigenvalue weighted by Crippen LogP contribution is 1.82. The third kappa shape index (κ3) is 3.92.